The Bertz CT molecular complexity index is 508. The molecule has 0 heterocycles. The second kappa shape index (κ2) is 9.42. The van der Waals surface area contributed by atoms with E-state index < -0.39 is 22.9 Å². The molecule has 0 aliphatic rings. The van der Waals surface area contributed by atoms with E-state index in [0.717, 1.165) is 17.7 Å². The van der Waals surface area contributed by atoms with Crippen molar-refractivity contribution in [1.82, 2.24) is 5.32 Å². The number of carboxylic acid groups (broad SMARTS) is 1. The van der Waals surface area contributed by atoms with Crippen molar-refractivity contribution >= 4 is 23.8 Å². The van der Waals surface area contributed by atoms with E-state index in [2.05, 4.69) is 5.32 Å². The van der Waals surface area contributed by atoms with Crippen molar-refractivity contribution < 1.29 is 19.4 Å². The molecule has 0 bridgehead atoms. The number of hydrogen-bond acceptors (Lipinski definition) is 5. The van der Waals surface area contributed by atoms with E-state index in [0.29, 0.717) is 6.54 Å². The number of carbonyl (C=O) groups excluding carboxylic acids is 1. The molecular weight excluding hydrogens is 316 g/mol. The van der Waals surface area contributed by atoms with Crippen molar-refractivity contribution in [2.75, 3.05) is 12.3 Å². The summed E-state index contributed by atoms with van der Waals surface area (Å²) in [6.45, 7) is 4.21. The van der Waals surface area contributed by atoms with Gasteiger partial charge in [-0.05, 0) is 38.1 Å². The van der Waals surface area contributed by atoms with Crippen LogP contribution in [0.5, 0.6) is 0 Å². The van der Waals surface area contributed by atoms with Crippen molar-refractivity contribution in [3.8, 4) is 0 Å². The molecule has 6 nitrogen and oxygen atoms in total. The molecular formula is C16H24N2O4S. The maximum absolute atomic E-state index is 11.9. The Morgan fingerprint density at radius 1 is 1.35 bits per heavy atom. The van der Waals surface area contributed by atoms with Crippen LogP contribution in [0.25, 0.3) is 0 Å². The summed E-state index contributed by atoms with van der Waals surface area (Å²) in [6.07, 6.45) is 0.0487. The van der Waals surface area contributed by atoms with Gasteiger partial charge < -0.3 is 20.9 Å². The van der Waals surface area contributed by atoms with E-state index in [1.54, 1.807) is 13.8 Å². The summed E-state index contributed by atoms with van der Waals surface area (Å²) < 4.78 is 4.41. The molecule has 0 aromatic heterocycles. The normalized spacial score (nSPS) is 12.5. The van der Waals surface area contributed by atoms with Crippen LogP contribution in [-0.2, 0) is 16.1 Å². The molecule has 1 unspecified atom stereocenters. The Hall–Kier alpha value is -1.73. The van der Waals surface area contributed by atoms with Crippen molar-refractivity contribution in [3.63, 3.8) is 0 Å². The first-order valence-electron chi connectivity index (χ1n) is 7.41. The first-order chi connectivity index (χ1) is 10.9. The molecule has 0 aliphatic heterocycles. The number of rotatable bonds is 9. The van der Waals surface area contributed by atoms with Gasteiger partial charge in [0.05, 0.1) is 0 Å². The molecule has 0 saturated carbocycles. The van der Waals surface area contributed by atoms with Gasteiger partial charge in [-0.1, -0.05) is 30.3 Å². The van der Waals surface area contributed by atoms with Gasteiger partial charge in [0.2, 0.25) is 0 Å². The Morgan fingerprint density at radius 3 is 2.57 bits per heavy atom. The summed E-state index contributed by atoms with van der Waals surface area (Å²) in [4.78, 5) is 23.4. The van der Waals surface area contributed by atoms with Crippen LogP contribution in [0.4, 0.5) is 4.79 Å². The minimum absolute atomic E-state index is 0.0970. The molecule has 1 aromatic rings. The molecule has 0 saturated heterocycles. The lowest BCUT2D eigenvalue weighted by atomic mass is 10.0. The van der Waals surface area contributed by atoms with E-state index in [-0.39, 0.29) is 6.61 Å². The van der Waals surface area contributed by atoms with Crippen LogP contribution in [0, 0.1) is 0 Å². The molecule has 23 heavy (non-hydrogen) atoms. The average molecular weight is 340 g/mol. The summed E-state index contributed by atoms with van der Waals surface area (Å²) in [5.41, 5.74) is 6.29. The topological polar surface area (TPSA) is 102 Å². The Balaban J connectivity index is 2.57. The Labute approximate surface area is 140 Å². The summed E-state index contributed by atoms with van der Waals surface area (Å²) in [5.74, 6) is -0.361. The monoisotopic (exact) mass is 340 g/mol. The highest BCUT2D eigenvalue weighted by Gasteiger charge is 2.37. The minimum Gasteiger partial charge on any atom is -0.480 e. The van der Waals surface area contributed by atoms with E-state index in [1.165, 1.54) is 11.8 Å². The smallest absolute Gasteiger partial charge is 0.408 e. The zero-order valence-electron chi connectivity index (χ0n) is 13.5. The number of benzene rings is 1. The molecule has 0 radical (unpaired) electrons. The summed E-state index contributed by atoms with van der Waals surface area (Å²) in [5, 5.41) is 11.8. The third-order valence-electron chi connectivity index (χ3n) is 3.24. The van der Waals surface area contributed by atoms with Gasteiger partial charge >= 0.3 is 12.1 Å². The SMILES string of the molecule is CC(C)(SCCCN)C(NC(=O)OCc1ccccc1)C(=O)O. The number of carboxylic acids is 1. The average Bonchev–Trinajstić information content (AvgIpc) is 2.51. The molecule has 4 N–H and O–H groups in total. The molecule has 1 amide bonds. The van der Waals surface area contributed by atoms with Crippen LogP contribution >= 0.6 is 11.8 Å². The van der Waals surface area contributed by atoms with Crippen molar-refractivity contribution in [3.05, 3.63) is 35.9 Å². The lowest BCUT2D eigenvalue weighted by Crippen LogP contribution is -2.52. The van der Waals surface area contributed by atoms with Crippen LogP contribution in [-0.4, -0.2) is 40.3 Å². The Kier molecular flexibility index (Phi) is 7.91. The molecule has 0 spiro atoms. The maximum atomic E-state index is 11.9. The molecule has 128 valence electrons. The largest absolute Gasteiger partial charge is 0.480 e. The lowest BCUT2D eigenvalue weighted by Gasteiger charge is -2.31. The summed E-state index contributed by atoms with van der Waals surface area (Å²) in [7, 11) is 0. The fourth-order valence-corrected chi connectivity index (χ4v) is 3.08. The molecule has 7 heteroatoms. The fraction of sp³-hybridized carbons (Fsp3) is 0.500. The second-order valence-corrected chi connectivity index (χ2v) is 7.32. The number of ether oxygens (including phenoxy) is 1. The van der Waals surface area contributed by atoms with Gasteiger partial charge in [0.15, 0.2) is 0 Å². The van der Waals surface area contributed by atoms with E-state index in [1.807, 2.05) is 30.3 Å². The number of nitrogens with two attached hydrogens (primary N) is 1. The van der Waals surface area contributed by atoms with Crippen LogP contribution in [0.3, 0.4) is 0 Å². The highest BCUT2D eigenvalue weighted by Crippen LogP contribution is 2.29. The quantitative estimate of drug-likeness (QED) is 0.596. The molecule has 1 atom stereocenters. The van der Waals surface area contributed by atoms with Gasteiger partial charge in [0, 0.05) is 4.75 Å². The van der Waals surface area contributed by atoms with Crippen molar-refractivity contribution in [1.29, 1.82) is 0 Å². The number of thioether (sulfide) groups is 1. The maximum Gasteiger partial charge on any atom is 0.408 e. The zero-order chi connectivity index (χ0) is 17.3. The van der Waals surface area contributed by atoms with Gasteiger partial charge in [-0.25, -0.2) is 9.59 Å². The number of hydrogen-bond donors (Lipinski definition) is 3. The Morgan fingerprint density at radius 2 is 2.00 bits per heavy atom. The van der Waals surface area contributed by atoms with Crippen LogP contribution in [0.1, 0.15) is 25.8 Å². The van der Waals surface area contributed by atoms with Gasteiger partial charge in [-0.15, -0.1) is 0 Å². The van der Waals surface area contributed by atoms with Crippen molar-refractivity contribution in [2.45, 2.75) is 37.7 Å². The van der Waals surface area contributed by atoms with Crippen molar-refractivity contribution in [2.24, 2.45) is 5.73 Å². The van der Waals surface area contributed by atoms with Gasteiger partial charge in [0.1, 0.15) is 12.6 Å². The standard InChI is InChI=1S/C16H24N2O4S/c1-16(2,23-10-6-9-17)13(14(19)20)18-15(21)22-11-12-7-4-3-5-8-12/h3-5,7-8,13H,6,9-11,17H2,1-2H3,(H,18,21)(H,19,20). The van der Waals surface area contributed by atoms with Crippen LogP contribution < -0.4 is 11.1 Å². The highest BCUT2D eigenvalue weighted by atomic mass is 32.2. The number of carbonyl (C=O) groups is 2. The van der Waals surface area contributed by atoms with Gasteiger partial charge in [0.25, 0.3) is 0 Å². The third-order valence-corrected chi connectivity index (χ3v) is 4.71. The molecule has 0 fully saturated rings. The van der Waals surface area contributed by atoms with Crippen LogP contribution in [0.15, 0.2) is 30.3 Å². The predicted octanol–water partition coefficient (Wildman–Crippen LogP) is 2.23. The summed E-state index contributed by atoms with van der Waals surface area (Å²) in [6, 6.07) is 8.16. The van der Waals surface area contributed by atoms with E-state index in [9.17, 15) is 14.7 Å². The van der Waals surface area contributed by atoms with E-state index in [4.69, 9.17) is 10.5 Å². The minimum atomic E-state index is -1.09. The fourth-order valence-electron chi connectivity index (χ4n) is 1.92. The van der Waals surface area contributed by atoms with Gasteiger partial charge in [-0.3, -0.25) is 0 Å². The van der Waals surface area contributed by atoms with Crippen LogP contribution in [0.2, 0.25) is 0 Å². The molecule has 1 aromatic carbocycles. The summed E-state index contributed by atoms with van der Waals surface area (Å²) >= 11 is 1.47. The number of aliphatic carboxylic acids is 1. The first kappa shape index (κ1) is 19.3. The predicted molar refractivity (Wildman–Crippen MR) is 91.4 cm³/mol. The highest BCUT2D eigenvalue weighted by molar-refractivity contribution is 8.00. The second-order valence-electron chi connectivity index (χ2n) is 5.57. The zero-order valence-corrected chi connectivity index (χ0v) is 14.3. The molecule has 1 rings (SSSR count). The van der Waals surface area contributed by atoms with Gasteiger partial charge in [-0.2, -0.15) is 11.8 Å². The first-order valence-corrected chi connectivity index (χ1v) is 8.39. The number of alkyl carbamates (subject to hydrolysis) is 1. The molecule has 0 aliphatic carbocycles. The lowest BCUT2D eigenvalue weighted by molar-refractivity contribution is -0.140. The number of nitrogens with one attached hydrogen (secondary N) is 1. The third kappa shape index (κ3) is 6.92. The number of amides is 1. The van der Waals surface area contributed by atoms with E-state index >= 15 is 0 Å².